The molecule has 1 aliphatic heterocycles. The van der Waals surface area contributed by atoms with Crippen LogP contribution in [0.3, 0.4) is 0 Å². The van der Waals surface area contributed by atoms with Gasteiger partial charge in [0.25, 0.3) is 0 Å². The van der Waals surface area contributed by atoms with Gasteiger partial charge >= 0.3 is 5.97 Å². The van der Waals surface area contributed by atoms with Crippen molar-refractivity contribution in [3.63, 3.8) is 0 Å². The highest BCUT2D eigenvalue weighted by Gasteiger charge is 2.44. The molecule has 1 fully saturated rings. The fourth-order valence-electron chi connectivity index (χ4n) is 3.00. The van der Waals surface area contributed by atoms with Crippen LogP contribution >= 0.6 is 11.8 Å². The molecule has 0 amide bonds. The van der Waals surface area contributed by atoms with Gasteiger partial charge in [-0.15, -0.1) is 0 Å². The van der Waals surface area contributed by atoms with Crippen molar-refractivity contribution in [1.29, 1.82) is 0 Å². The molecule has 3 rings (SSSR count). The van der Waals surface area contributed by atoms with Gasteiger partial charge in [-0.25, -0.2) is 15.0 Å². The number of nitrogen functional groups attached to an aromatic ring is 1. The maximum Gasteiger partial charge on any atom is 0.322 e. The fourth-order valence-corrected chi connectivity index (χ4v) is 3.49. The molecule has 3 heterocycles. The predicted octanol–water partition coefficient (Wildman–Crippen LogP) is -0.959. The summed E-state index contributed by atoms with van der Waals surface area (Å²) in [5.41, 5.74) is 12.3. The first-order chi connectivity index (χ1) is 13.4. The summed E-state index contributed by atoms with van der Waals surface area (Å²) in [5, 5.41) is 20.7. The molecule has 0 bridgehead atoms. The number of aliphatic hydroxyl groups excluding tert-OH is 2. The number of carbonyl (C=O) groups excluding carboxylic acids is 1. The van der Waals surface area contributed by atoms with E-state index in [1.165, 1.54) is 17.2 Å². The first-order valence-corrected chi connectivity index (χ1v) is 10.2. The number of thioether (sulfide) groups is 1. The lowest BCUT2D eigenvalue weighted by Crippen LogP contribution is -2.35. The first kappa shape index (κ1) is 20.7. The number of imidazole rings is 1. The average molecular weight is 412 g/mol. The molecule has 0 saturated carbocycles. The second kappa shape index (κ2) is 9.01. The monoisotopic (exact) mass is 412 g/mol. The molecule has 1 aliphatic rings. The summed E-state index contributed by atoms with van der Waals surface area (Å²) < 4.78 is 12.4. The number of nitrogens with two attached hydrogens (primary N) is 2. The van der Waals surface area contributed by atoms with E-state index in [0.717, 1.165) is 5.75 Å². The third-order valence-corrected chi connectivity index (χ3v) is 5.22. The number of fused-ring (bicyclic) bond motifs is 1. The minimum atomic E-state index is -1.21. The smallest absolute Gasteiger partial charge is 0.322 e. The Morgan fingerprint density at radius 3 is 2.93 bits per heavy atom. The highest BCUT2D eigenvalue weighted by Crippen LogP contribution is 2.33. The van der Waals surface area contributed by atoms with E-state index in [-0.39, 0.29) is 18.8 Å². The lowest BCUT2D eigenvalue weighted by molar-refractivity contribution is -0.146. The van der Waals surface area contributed by atoms with Gasteiger partial charge in [0.2, 0.25) is 0 Å². The third-order valence-electron chi connectivity index (χ3n) is 4.58. The Balaban J connectivity index is 1.60. The minimum Gasteiger partial charge on any atom is -0.464 e. The molecule has 0 aliphatic carbocycles. The van der Waals surface area contributed by atoms with Gasteiger partial charge < -0.3 is 31.2 Å². The lowest BCUT2D eigenvalue weighted by atomic mass is 10.1. The van der Waals surface area contributed by atoms with Crippen molar-refractivity contribution in [2.75, 3.05) is 24.3 Å². The molecule has 154 valence electrons. The van der Waals surface area contributed by atoms with Gasteiger partial charge in [0, 0.05) is 6.42 Å². The van der Waals surface area contributed by atoms with Crippen molar-refractivity contribution in [2.24, 2.45) is 5.73 Å². The van der Waals surface area contributed by atoms with E-state index in [4.69, 9.17) is 20.9 Å². The molecule has 1 saturated heterocycles. The number of anilines is 1. The topological polar surface area (TPSA) is 172 Å². The highest BCUT2D eigenvalue weighted by atomic mass is 32.2. The zero-order valence-electron chi connectivity index (χ0n) is 15.3. The molecule has 2 aromatic heterocycles. The summed E-state index contributed by atoms with van der Waals surface area (Å²) in [6.45, 7) is 0.0206. The molecule has 5 atom stereocenters. The molecule has 11 nitrogen and oxygen atoms in total. The van der Waals surface area contributed by atoms with Crippen LogP contribution in [0.25, 0.3) is 11.2 Å². The Kier molecular flexibility index (Phi) is 6.67. The van der Waals surface area contributed by atoms with Crippen LogP contribution in [0.2, 0.25) is 0 Å². The van der Waals surface area contributed by atoms with E-state index in [9.17, 15) is 15.0 Å². The van der Waals surface area contributed by atoms with Gasteiger partial charge in [0.05, 0.1) is 19.0 Å². The summed E-state index contributed by atoms with van der Waals surface area (Å²) in [5.74, 6) is 0.478. The van der Waals surface area contributed by atoms with Crippen LogP contribution in [0, 0.1) is 0 Å². The van der Waals surface area contributed by atoms with Gasteiger partial charge in [-0.05, 0) is 18.4 Å². The van der Waals surface area contributed by atoms with Gasteiger partial charge in [-0.2, -0.15) is 11.8 Å². The van der Waals surface area contributed by atoms with E-state index in [2.05, 4.69) is 15.0 Å². The second-order valence-corrected chi connectivity index (χ2v) is 7.46. The number of hydrogen-bond acceptors (Lipinski definition) is 11. The van der Waals surface area contributed by atoms with E-state index >= 15 is 0 Å². The number of hydrogen-bond donors (Lipinski definition) is 4. The molecular formula is C16H24N6O5S. The minimum absolute atomic E-state index is 0.0206. The maximum absolute atomic E-state index is 11.9. The predicted molar refractivity (Wildman–Crippen MR) is 102 cm³/mol. The molecule has 6 N–H and O–H groups in total. The van der Waals surface area contributed by atoms with E-state index in [1.54, 1.807) is 11.8 Å². The lowest BCUT2D eigenvalue weighted by Gasteiger charge is -2.16. The van der Waals surface area contributed by atoms with Crippen LogP contribution in [-0.2, 0) is 14.3 Å². The summed E-state index contributed by atoms with van der Waals surface area (Å²) in [6, 6.07) is -0.678. The Morgan fingerprint density at radius 1 is 1.39 bits per heavy atom. The van der Waals surface area contributed by atoms with Crippen molar-refractivity contribution >= 4 is 34.7 Å². The van der Waals surface area contributed by atoms with Crippen LogP contribution < -0.4 is 11.5 Å². The number of aromatic nitrogens is 4. The first-order valence-electron chi connectivity index (χ1n) is 8.79. The van der Waals surface area contributed by atoms with Crippen molar-refractivity contribution in [2.45, 2.75) is 43.4 Å². The highest BCUT2D eigenvalue weighted by molar-refractivity contribution is 7.98. The normalized spacial score (nSPS) is 25.9. The zero-order chi connectivity index (χ0) is 20.3. The van der Waals surface area contributed by atoms with Crippen molar-refractivity contribution in [3.05, 3.63) is 12.7 Å². The molecule has 0 radical (unpaired) electrons. The molecule has 12 heteroatoms. The van der Waals surface area contributed by atoms with Gasteiger partial charge in [0.15, 0.2) is 17.7 Å². The van der Waals surface area contributed by atoms with Crippen molar-refractivity contribution < 1.29 is 24.5 Å². The van der Waals surface area contributed by atoms with Gasteiger partial charge in [-0.1, -0.05) is 0 Å². The Hall–Kier alpha value is -1.99. The molecule has 28 heavy (non-hydrogen) atoms. The summed E-state index contributed by atoms with van der Waals surface area (Å²) >= 11 is 1.60. The largest absolute Gasteiger partial charge is 0.464 e. The SMILES string of the molecule is CSCC[C@H](N)C(=O)OCC[C@H]1O[C@@H](n2cnc3c(N)ncnc32)[C@H](O)[C@@H]1O. The number of rotatable bonds is 8. The third kappa shape index (κ3) is 4.20. The van der Waals surface area contributed by atoms with Crippen LogP contribution in [-0.4, -0.2) is 78.7 Å². The van der Waals surface area contributed by atoms with Gasteiger partial charge in [0.1, 0.15) is 30.1 Å². The Morgan fingerprint density at radius 2 is 2.18 bits per heavy atom. The number of aliphatic hydroxyl groups is 2. The fraction of sp³-hybridized carbons (Fsp3) is 0.625. The van der Waals surface area contributed by atoms with E-state index in [1.807, 2.05) is 6.26 Å². The summed E-state index contributed by atoms with van der Waals surface area (Å²) in [6.07, 6.45) is 1.37. The van der Waals surface area contributed by atoms with E-state index in [0.29, 0.717) is 17.6 Å². The molecular weight excluding hydrogens is 388 g/mol. The standard InChI is InChI=1S/C16H24N6O5S/c1-28-5-3-8(17)16(25)26-4-2-9-11(23)12(24)15(27-9)22-7-21-10-13(18)19-6-20-14(10)22/h6-9,11-12,15,23-24H,2-5,17H2,1H3,(H2,18,19,20)/t8-,9+,11+,12+,15+/m0/s1. The summed E-state index contributed by atoms with van der Waals surface area (Å²) in [7, 11) is 0. The molecule has 0 aromatic carbocycles. The van der Waals surface area contributed by atoms with Crippen molar-refractivity contribution in [1.82, 2.24) is 19.5 Å². The number of ether oxygens (including phenoxy) is 2. The molecule has 0 unspecified atom stereocenters. The Labute approximate surface area is 165 Å². The van der Waals surface area contributed by atoms with Gasteiger partial charge in [-0.3, -0.25) is 9.36 Å². The zero-order valence-corrected chi connectivity index (χ0v) is 16.2. The van der Waals surface area contributed by atoms with E-state index < -0.39 is 36.6 Å². The van der Waals surface area contributed by atoms with Crippen LogP contribution in [0.1, 0.15) is 19.1 Å². The maximum atomic E-state index is 11.9. The molecule has 0 spiro atoms. The number of carbonyl (C=O) groups is 1. The quantitative estimate of drug-likeness (QED) is 0.393. The van der Waals surface area contributed by atoms with Crippen LogP contribution in [0.15, 0.2) is 12.7 Å². The van der Waals surface area contributed by atoms with Crippen LogP contribution in [0.5, 0.6) is 0 Å². The molecule has 2 aromatic rings. The van der Waals surface area contributed by atoms with Crippen molar-refractivity contribution in [3.8, 4) is 0 Å². The number of nitrogens with zero attached hydrogens (tertiary/aromatic N) is 4. The Bertz CT molecular complexity index is 820. The van der Waals surface area contributed by atoms with Crippen LogP contribution in [0.4, 0.5) is 5.82 Å². The average Bonchev–Trinajstić information content (AvgIpc) is 3.23. The second-order valence-electron chi connectivity index (χ2n) is 6.47. The summed E-state index contributed by atoms with van der Waals surface area (Å²) in [4.78, 5) is 24.0. The number of esters is 1.